The van der Waals surface area contributed by atoms with Gasteiger partial charge in [-0.1, -0.05) is 19.3 Å². The minimum atomic E-state index is -0.749. The third-order valence-corrected chi connectivity index (χ3v) is 4.95. The van der Waals surface area contributed by atoms with Crippen molar-refractivity contribution in [2.24, 2.45) is 0 Å². The number of aldehydes is 1. The lowest BCUT2D eigenvalue weighted by Gasteiger charge is -2.30. The summed E-state index contributed by atoms with van der Waals surface area (Å²) in [6, 6.07) is 3.92. The Morgan fingerprint density at radius 2 is 1.97 bits per heavy atom. The lowest BCUT2D eigenvalue weighted by atomic mass is 10.0. The highest BCUT2D eigenvalue weighted by Gasteiger charge is 2.33. The first-order chi connectivity index (χ1) is 14.0. The predicted octanol–water partition coefficient (Wildman–Crippen LogP) is 1.70. The van der Waals surface area contributed by atoms with Crippen molar-refractivity contribution in [3.05, 3.63) is 29.3 Å². The zero-order chi connectivity index (χ0) is 21.2. The Bertz CT molecular complexity index is 749. The molecule has 1 aromatic rings. The van der Waals surface area contributed by atoms with Crippen LogP contribution in [0.25, 0.3) is 0 Å². The van der Waals surface area contributed by atoms with Crippen LogP contribution >= 0.6 is 0 Å². The zero-order valence-electron chi connectivity index (χ0n) is 16.7. The Morgan fingerprint density at radius 3 is 2.66 bits per heavy atom. The Hall–Kier alpha value is -2.74. The van der Waals surface area contributed by atoms with Crippen LogP contribution in [0, 0.1) is 0 Å². The summed E-state index contributed by atoms with van der Waals surface area (Å²) in [5, 5.41) is 11.0. The van der Waals surface area contributed by atoms with E-state index in [1.807, 2.05) is 0 Å². The van der Waals surface area contributed by atoms with E-state index >= 15 is 0 Å². The van der Waals surface area contributed by atoms with Crippen LogP contribution in [0.15, 0.2) is 18.2 Å². The summed E-state index contributed by atoms with van der Waals surface area (Å²) in [6.45, 7) is 0.718. The molecule has 1 unspecified atom stereocenters. The smallest absolute Gasteiger partial charge is 0.255 e. The number of nitrogens with one attached hydrogen (secondary N) is 1. The lowest BCUT2D eigenvalue weighted by Crippen LogP contribution is -2.53. The van der Waals surface area contributed by atoms with E-state index in [-0.39, 0.29) is 36.5 Å². The molecule has 0 aliphatic carbocycles. The average Bonchev–Trinajstić information content (AvgIpc) is 2.72. The number of unbranched alkanes of at least 4 members (excludes halogenated alkanes) is 4. The van der Waals surface area contributed by atoms with Crippen molar-refractivity contribution in [1.82, 2.24) is 10.2 Å². The van der Waals surface area contributed by atoms with Crippen LogP contribution in [0.3, 0.4) is 0 Å². The lowest BCUT2D eigenvalue weighted by molar-refractivity contribution is -0.136. The van der Waals surface area contributed by atoms with Crippen molar-refractivity contribution >= 4 is 24.0 Å². The molecule has 1 atom stereocenters. The van der Waals surface area contributed by atoms with E-state index in [9.17, 15) is 19.2 Å². The second-order valence-electron chi connectivity index (χ2n) is 7.09. The summed E-state index contributed by atoms with van der Waals surface area (Å²) >= 11 is 0. The van der Waals surface area contributed by atoms with Gasteiger partial charge in [-0.15, -0.1) is 0 Å². The van der Waals surface area contributed by atoms with Gasteiger partial charge in [0.2, 0.25) is 11.8 Å². The molecule has 1 aromatic carbocycles. The maximum atomic E-state index is 12.8. The molecule has 1 saturated heterocycles. The van der Waals surface area contributed by atoms with Gasteiger partial charge >= 0.3 is 0 Å². The minimum absolute atomic E-state index is 0.168. The van der Waals surface area contributed by atoms with Gasteiger partial charge in [-0.3, -0.25) is 24.5 Å². The number of piperidine rings is 1. The molecule has 2 rings (SSSR count). The van der Waals surface area contributed by atoms with Gasteiger partial charge in [-0.05, 0) is 37.5 Å². The molecule has 29 heavy (non-hydrogen) atoms. The summed E-state index contributed by atoms with van der Waals surface area (Å²) in [6.07, 6.45) is 5.70. The van der Waals surface area contributed by atoms with Gasteiger partial charge in [-0.2, -0.15) is 0 Å². The number of aliphatic hydroxyl groups excluding tert-OH is 1. The van der Waals surface area contributed by atoms with Gasteiger partial charge in [0.25, 0.3) is 5.91 Å². The SMILES string of the molecule is CN(C(=O)c1ccc(OCCCCCCCO)cc1C=O)C1CCC(=O)NC1=O. The molecule has 0 aromatic heterocycles. The first kappa shape index (κ1) is 22.5. The van der Waals surface area contributed by atoms with E-state index in [1.54, 1.807) is 6.07 Å². The highest BCUT2D eigenvalue weighted by Crippen LogP contribution is 2.21. The second kappa shape index (κ2) is 11.3. The predicted molar refractivity (Wildman–Crippen MR) is 106 cm³/mol. The summed E-state index contributed by atoms with van der Waals surface area (Å²) in [5.74, 6) is -0.820. The molecule has 0 spiro atoms. The first-order valence-corrected chi connectivity index (χ1v) is 9.91. The van der Waals surface area contributed by atoms with Crippen LogP contribution in [-0.2, 0) is 9.59 Å². The van der Waals surface area contributed by atoms with Gasteiger partial charge < -0.3 is 14.7 Å². The topological polar surface area (TPSA) is 113 Å². The highest BCUT2D eigenvalue weighted by atomic mass is 16.5. The molecule has 0 saturated carbocycles. The van der Waals surface area contributed by atoms with Crippen molar-refractivity contribution in [3.63, 3.8) is 0 Å². The molecular formula is C21H28N2O6. The van der Waals surface area contributed by atoms with E-state index in [2.05, 4.69) is 5.32 Å². The van der Waals surface area contributed by atoms with Gasteiger partial charge in [0.1, 0.15) is 11.8 Å². The standard InChI is InChI=1S/C21H28N2O6/c1-23(18-9-10-19(26)22-20(18)27)21(28)17-8-7-16(13-15(17)14-25)29-12-6-4-2-3-5-11-24/h7-8,13-14,18,24H,2-6,9-12H2,1H3,(H,22,26,27). The van der Waals surface area contributed by atoms with Crippen molar-refractivity contribution in [2.45, 2.75) is 51.0 Å². The number of hydrogen-bond acceptors (Lipinski definition) is 6. The quantitative estimate of drug-likeness (QED) is 0.330. The van der Waals surface area contributed by atoms with Crippen LogP contribution < -0.4 is 10.1 Å². The van der Waals surface area contributed by atoms with Gasteiger partial charge in [0, 0.05) is 25.6 Å². The highest BCUT2D eigenvalue weighted by molar-refractivity contribution is 6.06. The summed E-state index contributed by atoms with van der Waals surface area (Å²) in [4.78, 5) is 48.8. The van der Waals surface area contributed by atoms with Crippen LogP contribution in [0.2, 0.25) is 0 Å². The molecule has 158 valence electrons. The van der Waals surface area contributed by atoms with Crippen molar-refractivity contribution in [1.29, 1.82) is 0 Å². The van der Waals surface area contributed by atoms with Crippen LogP contribution in [0.5, 0.6) is 5.75 Å². The molecular weight excluding hydrogens is 376 g/mol. The molecule has 8 heteroatoms. The number of benzene rings is 1. The fourth-order valence-electron chi connectivity index (χ4n) is 3.24. The fraction of sp³-hybridized carbons (Fsp3) is 0.524. The first-order valence-electron chi connectivity index (χ1n) is 9.91. The Kier molecular flexibility index (Phi) is 8.79. The summed E-state index contributed by atoms with van der Waals surface area (Å²) < 4.78 is 5.66. The number of imide groups is 1. The second-order valence-corrected chi connectivity index (χ2v) is 7.09. The third-order valence-electron chi connectivity index (χ3n) is 4.95. The fourth-order valence-corrected chi connectivity index (χ4v) is 3.24. The normalized spacial score (nSPS) is 16.3. The molecule has 0 bridgehead atoms. The van der Waals surface area contributed by atoms with Crippen LogP contribution in [0.1, 0.15) is 65.7 Å². The van der Waals surface area contributed by atoms with E-state index in [0.29, 0.717) is 18.6 Å². The number of nitrogens with zero attached hydrogens (tertiary/aromatic N) is 1. The third kappa shape index (κ3) is 6.39. The number of likely N-dealkylation sites (N-methyl/N-ethyl adjacent to an activating group) is 1. The average molecular weight is 404 g/mol. The largest absolute Gasteiger partial charge is 0.494 e. The number of aliphatic hydroxyl groups is 1. The Labute approximate surface area is 170 Å². The van der Waals surface area contributed by atoms with Gasteiger partial charge in [0.05, 0.1) is 12.2 Å². The number of carbonyl (C=O) groups excluding carboxylic acids is 4. The molecule has 2 N–H and O–H groups in total. The number of amides is 3. The van der Waals surface area contributed by atoms with E-state index in [4.69, 9.17) is 9.84 Å². The van der Waals surface area contributed by atoms with Crippen LogP contribution in [0.4, 0.5) is 0 Å². The Balaban J connectivity index is 1.95. The Morgan fingerprint density at radius 1 is 1.24 bits per heavy atom. The van der Waals surface area contributed by atoms with E-state index < -0.39 is 17.9 Å². The zero-order valence-corrected chi connectivity index (χ0v) is 16.7. The summed E-state index contributed by atoms with van der Waals surface area (Å²) in [7, 11) is 1.48. The molecule has 1 heterocycles. The minimum Gasteiger partial charge on any atom is -0.494 e. The van der Waals surface area contributed by atoms with E-state index in [1.165, 1.54) is 24.1 Å². The van der Waals surface area contributed by atoms with Crippen molar-refractivity contribution in [3.8, 4) is 5.75 Å². The molecule has 1 aliphatic rings. The van der Waals surface area contributed by atoms with Crippen LogP contribution in [-0.4, -0.2) is 60.3 Å². The molecule has 0 radical (unpaired) electrons. The molecule has 1 aliphatic heterocycles. The van der Waals surface area contributed by atoms with Crippen molar-refractivity contribution < 1.29 is 29.0 Å². The number of carbonyl (C=O) groups is 4. The molecule has 8 nitrogen and oxygen atoms in total. The van der Waals surface area contributed by atoms with Gasteiger partial charge in [-0.25, -0.2) is 0 Å². The van der Waals surface area contributed by atoms with Gasteiger partial charge in [0.15, 0.2) is 6.29 Å². The monoisotopic (exact) mass is 404 g/mol. The van der Waals surface area contributed by atoms with E-state index in [0.717, 1.165) is 32.1 Å². The maximum absolute atomic E-state index is 12.8. The molecule has 1 fully saturated rings. The summed E-state index contributed by atoms with van der Waals surface area (Å²) in [5.41, 5.74) is 0.373. The maximum Gasteiger partial charge on any atom is 0.255 e. The molecule has 3 amide bonds. The van der Waals surface area contributed by atoms with Crippen molar-refractivity contribution in [2.75, 3.05) is 20.3 Å². The number of hydrogen-bond donors (Lipinski definition) is 2. The number of ether oxygens (including phenoxy) is 1. The number of rotatable bonds is 11.